The van der Waals surface area contributed by atoms with Gasteiger partial charge < -0.3 is 11.1 Å². The van der Waals surface area contributed by atoms with E-state index in [1.54, 1.807) is 29.6 Å². The van der Waals surface area contributed by atoms with Gasteiger partial charge in [-0.05, 0) is 31.2 Å². The second kappa shape index (κ2) is 4.32. The first-order valence-corrected chi connectivity index (χ1v) is 5.62. The molecule has 0 saturated heterocycles. The fourth-order valence-electron chi connectivity index (χ4n) is 1.23. The van der Waals surface area contributed by atoms with Crippen LogP contribution in [0.5, 0.6) is 0 Å². The van der Waals surface area contributed by atoms with Gasteiger partial charge in [0.1, 0.15) is 5.69 Å². The molecular weight excluding hydrogens is 222 g/mol. The molecule has 0 bridgehead atoms. The molecular formula is C11H11N3OS. The molecule has 0 spiro atoms. The second-order valence-electron chi connectivity index (χ2n) is 3.33. The van der Waals surface area contributed by atoms with Crippen LogP contribution in [0.15, 0.2) is 29.6 Å². The number of carbonyl (C=O) groups is 1. The van der Waals surface area contributed by atoms with E-state index in [2.05, 4.69) is 10.3 Å². The number of aryl methyl sites for hydroxylation is 1. The summed E-state index contributed by atoms with van der Waals surface area (Å²) in [6.07, 6.45) is 0. The Morgan fingerprint density at radius 2 is 2.06 bits per heavy atom. The number of nitrogen functional groups attached to an aromatic ring is 1. The summed E-state index contributed by atoms with van der Waals surface area (Å²) in [4.78, 5) is 15.8. The van der Waals surface area contributed by atoms with Gasteiger partial charge in [-0.15, -0.1) is 11.3 Å². The van der Waals surface area contributed by atoms with Gasteiger partial charge in [0, 0.05) is 16.8 Å². The van der Waals surface area contributed by atoms with E-state index in [0.717, 1.165) is 5.01 Å². The lowest BCUT2D eigenvalue weighted by Gasteiger charge is -2.02. The van der Waals surface area contributed by atoms with Crippen LogP contribution in [-0.4, -0.2) is 10.9 Å². The molecule has 3 N–H and O–H groups in total. The van der Waals surface area contributed by atoms with Crippen LogP contribution in [0.25, 0.3) is 0 Å². The number of benzene rings is 1. The normalized spacial score (nSPS) is 10.1. The summed E-state index contributed by atoms with van der Waals surface area (Å²) in [6.45, 7) is 1.87. The smallest absolute Gasteiger partial charge is 0.275 e. The zero-order valence-electron chi connectivity index (χ0n) is 8.73. The number of amides is 1. The highest BCUT2D eigenvalue weighted by molar-refractivity contribution is 7.09. The molecule has 0 unspecified atom stereocenters. The third kappa shape index (κ3) is 2.38. The van der Waals surface area contributed by atoms with Crippen molar-refractivity contribution in [1.82, 2.24) is 4.98 Å². The lowest BCUT2D eigenvalue weighted by Crippen LogP contribution is -2.12. The number of thiazole rings is 1. The molecule has 0 saturated carbocycles. The molecule has 0 radical (unpaired) electrons. The molecule has 4 nitrogen and oxygen atoms in total. The van der Waals surface area contributed by atoms with E-state index in [1.807, 2.05) is 6.92 Å². The highest BCUT2D eigenvalue weighted by Gasteiger charge is 2.08. The van der Waals surface area contributed by atoms with Crippen LogP contribution in [0.1, 0.15) is 15.5 Å². The average Bonchev–Trinajstić information content (AvgIpc) is 2.68. The minimum Gasteiger partial charge on any atom is -0.399 e. The van der Waals surface area contributed by atoms with Crippen LogP contribution in [0, 0.1) is 6.92 Å². The van der Waals surface area contributed by atoms with Gasteiger partial charge in [0.2, 0.25) is 0 Å². The van der Waals surface area contributed by atoms with E-state index >= 15 is 0 Å². The maximum absolute atomic E-state index is 11.7. The predicted molar refractivity (Wildman–Crippen MR) is 65.7 cm³/mol. The first-order chi connectivity index (χ1) is 7.65. The van der Waals surface area contributed by atoms with Gasteiger partial charge >= 0.3 is 0 Å². The number of aromatic nitrogens is 1. The number of carbonyl (C=O) groups excluding carboxylic acids is 1. The Hall–Kier alpha value is -1.88. The van der Waals surface area contributed by atoms with E-state index < -0.39 is 0 Å². The van der Waals surface area contributed by atoms with Crippen molar-refractivity contribution in [3.63, 3.8) is 0 Å². The number of hydrogen-bond acceptors (Lipinski definition) is 4. The summed E-state index contributed by atoms with van der Waals surface area (Å²) in [5.74, 6) is -0.200. The minimum atomic E-state index is -0.200. The number of nitrogens with zero attached hydrogens (tertiary/aromatic N) is 1. The first-order valence-electron chi connectivity index (χ1n) is 4.74. The van der Waals surface area contributed by atoms with Gasteiger partial charge in [-0.25, -0.2) is 4.98 Å². The average molecular weight is 233 g/mol. The Balaban J connectivity index is 2.10. The standard InChI is InChI=1S/C11H11N3OS/c1-7-13-10(6-16-7)11(15)14-9-4-2-8(12)3-5-9/h2-6H,12H2,1H3,(H,14,15). The summed E-state index contributed by atoms with van der Waals surface area (Å²) in [5, 5.41) is 5.36. The van der Waals surface area contributed by atoms with E-state index in [-0.39, 0.29) is 5.91 Å². The maximum Gasteiger partial charge on any atom is 0.275 e. The molecule has 0 aliphatic rings. The third-order valence-electron chi connectivity index (χ3n) is 2.02. The van der Waals surface area contributed by atoms with Gasteiger partial charge in [-0.3, -0.25) is 4.79 Å². The van der Waals surface area contributed by atoms with Crippen molar-refractivity contribution in [3.05, 3.63) is 40.3 Å². The Kier molecular flexibility index (Phi) is 2.87. The van der Waals surface area contributed by atoms with Crippen LogP contribution in [-0.2, 0) is 0 Å². The molecule has 2 aromatic rings. The quantitative estimate of drug-likeness (QED) is 0.782. The lowest BCUT2D eigenvalue weighted by atomic mass is 10.3. The van der Waals surface area contributed by atoms with E-state index in [0.29, 0.717) is 17.1 Å². The molecule has 16 heavy (non-hydrogen) atoms. The SMILES string of the molecule is Cc1nc(C(=O)Nc2ccc(N)cc2)cs1. The van der Waals surface area contributed by atoms with E-state index in [4.69, 9.17) is 5.73 Å². The Labute approximate surface area is 97.1 Å². The van der Waals surface area contributed by atoms with Crippen molar-refractivity contribution in [1.29, 1.82) is 0 Å². The molecule has 0 aliphatic heterocycles. The first kappa shape index (κ1) is 10.6. The van der Waals surface area contributed by atoms with Crippen LogP contribution in [0.3, 0.4) is 0 Å². The lowest BCUT2D eigenvalue weighted by molar-refractivity contribution is 0.102. The Bertz CT molecular complexity index is 504. The zero-order valence-corrected chi connectivity index (χ0v) is 9.54. The summed E-state index contributed by atoms with van der Waals surface area (Å²) in [6, 6.07) is 6.99. The summed E-state index contributed by atoms with van der Waals surface area (Å²) < 4.78 is 0. The topological polar surface area (TPSA) is 68.0 Å². The monoisotopic (exact) mass is 233 g/mol. The van der Waals surface area contributed by atoms with Gasteiger partial charge in [-0.1, -0.05) is 0 Å². The number of nitrogens with two attached hydrogens (primary N) is 1. The second-order valence-corrected chi connectivity index (χ2v) is 4.39. The summed E-state index contributed by atoms with van der Waals surface area (Å²) in [7, 11) is 0. The fourth-order valence-corrected chi connectivity index (χ4v) is 1.82. The molecule has 1 heterocycles. The van der Waals surface area contributed by atoms with Gasteiger partial charge in [-0.2, -0.15) is 0 Å². The van der Waals surface area contributed by atoms with Crippen molar-refractivity contribution in [3.8, 4) is 0 Å². The summed E-state index contributed by atoms with van der Waals surface area (Å²) in [5.41, 5.74) is 7.37. The molecule has 5 heteroatoms. The molecule has 82 valence electrons. The van der Waals surface area contributed by atoms with Gasteiger partial charge in [0.15, 0.2) is 0 Å². The Morgan fingerprint density at radius 1 is 1.38 bits per heavy atom. The third-order valence-corrected chi connectivity index (χ3v) is 2.79. The maximum atomic E-state index is 11.7. The highest BCUT2D eigenvalue weighted by Crippen LogP contribution is 2.13. The predicted octanol–water partition coefficient (Wildman–Crippen LogP) is 2.29. The van der Waals surface area contributed by atoms with Crippen LogP contribution >= 0.6 is 11.3 Å². The van der Waals surface area contributed by atoms with Gasteiger partial charge in [0.05, 0.1) is 5.01 Å². The van der Waals surface area contributed by atoms with E-state index in [1.165, 1.54) is 11.3 Å². The van der Waals surface area contributed by atoms with Crippen molar-refractivity contribution in [2.24, 2.45) is 0 Å². The van der Waals surface area contributed by atoms with Crippen molar-refractivity contribution in [2.75, 3.05) is 11.1 Å². The highest BCUT2D eigenvalue weighted by atomic mass is 32.1. The van der Waals surface area contributed by atoms with E-state index in [9.17, 15) is 4.79 Å². The van der Waals surface area contributed by atoms with Crippen LogP contribution in [0.4, 0.5) is 11.4 Å². The zero-order chi connectivity index (χ0) is 11.5. The van der Waals surface area contributed by atoms with Crippen molar-refractivity contribution >= 4 is 28.6 Å². The molecule has 1 amide bonds. The van der Waals surface area contributed by atoms with Crippen molar-refractivity contribution < 1.29 is 4.79 Å². The molecule has 0 fully saturated rings. The molecule has 0 aliphatic carbocycles. The van der Waals surface area contributed by atoms with Crippen LogP contribution < -0.4 is 11.1 Å². The number of hydrogen-bond donors (Lipinski definition) is 2. The van der Waals surface area contributed by atoms with Crippen molar-refractivity contribution in [2.45, 2.75) is 6.92 Å². The number of rotatable bonds is 2. The van der Waals surface area contributed by atoms with Crippen LogP contribution in [0.2, 0.25) is 0 Å². The minimum absolute atomic E-state index is 0.200. The Morgan fingerprint density at radius 3 is 2.62 bits per heavy atom. The number of nitrogens with one attached hydrogen (secondary N) is 1. The van der Waals surface area contributed by atoms with Gasteiger partial charge in [0.25, 0.3) is 5.91 Å². The largest absolute Gasteiger partial charge is 0.399 e. The fraction of sp³-hybridized carbons (Fsp3) is 0.0909. The molecule has 0 atom stereocenters. The summed E-state index contributed by atoms with van der Waals surface area (Å²) >= 11 is 1.45. The molecule has 1 aromatic carbocycles. The molecule has 2 rings (SSSR count). The number of anilines is 2. The molecule has 1 aromatic heterocycles.